The highest BCUT2D eigenvalue weighted by Crippen LogP contribution is 2.18. The first-order valence-electron chi connectivity index (χ1n) is 7.46. The second-order valence-corrected chi connectivity index (χ2v) is 5.92. The largest absolute Gasteiger partial charge is 0.336 e. The molecule has 0 aliphatic heterocycles. The average Bonchev–Trinajstić information content (AvgIpc) is 2.98. The number of hydrogen-bond acceptors (Lipinski definition) is 3. The van der Waals surface area contributed by atoms with Crippen molar-refractivity contribution in [1.82, 2.24) is 19.4 Å². The van der Waals surface area contributed by atoms with Gasteiger partial charge in [0.1, 0.15) is 0 Å². The Kier molecular flexibility index (Phi) is 5.53. The predicted octanol–water partition coefficient (Wildman–Crippen LogP) is 2.64. The van der Waals surface area contributed by atoms with Crippen molar-refractivity contribution < 1.29 is 0 Å². The maximum Gasteiger partial charge on any atom is 0.0946 e. The van der Waals surface area contributed by atoms with E-state index in [0.29, 0.717) is 6.04 Å². The number of aromatic nitrogens is 2. The Morgan fingerprint density at radius 2 is 1.86 bits per heavy atom. The Morgan fingerprint density at radius 1 is 1.14 bits per heavy atom. The van der Waals surface area contributed by atoms with E-state index in [0.717, 1.165) is 19.6 Å². The van der Waals surface area contributed by atoms with Gasteiger partial charge in [0, 0.05) is 38.1 Å². The second kappa shape index (κ2) is 7.38. The van der Waals surface area contributed by atoms with Crippen LogP contribution in [0.3, 0.4) is 0 Å². The van der Waals surface area contributed by atoms with Crippen molar-refractivity contribution in [3.8, 4) is 0 Å². The fourth-order valence-corrected chi connectivity index (χ4v) is 2.30. The lowest BCUT2D eigenvalue weighted by Crippen LogP contribution is -2.22. The van der Waals surface area contributed by atoms with Crippen LogP contribution in [-0.2, 0) is 13.1 Å². The summed E-state index contributed by atoms with van der Waals surface area (Å²) in [5, 5.41) is 0. The predicted molar refractivity (Wildman–Crippen MR) is 87.1 cm³/mol. The number of benzene rings is 1. The van der Waals surface area contributed by atoms with Gasteiger partial charge in [-0.05, 0) is 39.2 Å². The van der Waals surface area contributed by atoms with Gasteiger partial charge in [-0.1, -0.05) is 24.3 Å². The Balaban J connectivity index is 1.85. The molecule has 0 saturated heterocycles. The van der Waals surface area contributed by atoms with E-state index in [-0.39, 0.29) is 0 Å². The van der Waals surface area contributed by atoms with E-state index in [1.54, 1.807) is 0 Å². The van der Waals surface area contributed by atoms with Crippen molar-refractivity contribution in [3.63, 3.8) is 0 Å². The normalized spacial score (nSPS) is 13.0. The highest BCUT2D eigenvalue weighted by molar-refractivity contribution is 5.24. The van der Waals surface area contributed by atoms with Crippen LogP contribution < -0.4 is 0 Å². The number of likely N-dealkylation sites (N-methyl/N-ethyl adjacent to an activating group) is 1. The van der Waals surface area contributed by atoms with Crippen molar-refractivity contribution >= 4 is 0 Å². The van der Waals surface area contributed by atoms with Crippen molar-refractivity contribution in [3.05, 3.63) is 54.1 Å². The van der Waals surface area contributed by atoms with Gasteiger partial charge in [0.25, 0.3) is 0 Å². The molecule has 0 amide bonds. The van der Waals surface area contributed by atoms with Crippen LogP contribution in [0.15, 0.2) is 43.0 Å². The summed E-state index contributed by atoms with van der Waals surface area (Å²) in [6, 6.07) is 9.41. The molecule has 0 aliphatic carbocycles. The summed E-state index contributed by atoms with van der Waals surface area (Å²) < 4.78 is 2.11. The van der Waals surface area contributed by atoms with E-state index in [4.69, 9.17) is 0 Å². The molecule has 1 unspecified atom stereocenters. The molecule has 0 fully saturated rings. The fourth-order valence-electron chi connectivity index (χ4n) is 2.30. The van der Waals surface area contributed by atoms with Gasteiger partial charge < -0.3 is 14.4 Å². The smallest absolute Gasteiger partial charge is 0.0946 e. The third-order valence-corrected chi connectivity index (χ3v) is 3.99. The third kappa shape index (κ3) is 4.69. The maximum atomic E-state index is 4.06. The Hall–Kier alpha value is -1.65. The van der Waals surface area contributed by atoms with E-state index >= 15 is 0 Å². The van der Waals surface area contributed by atoms with Gasteiger partial charge in [-0.15, -0.1) is 0 Å². The minimum atomic E-state index is 0.457. The van der Waals surface area contributed by atoms with Crippen LogP contribution in [0.2, 0.25) is 0 Å². The molecule has 1 heterocycles. The Bertz CT molecular complexity index is 516. The first-order chi connectivity index (χ1) is 10.1. The van der Waals surface area contributed by atoms with Crippen molar-refractivity contribution in [1.29, 1.82) is 0 Å². The standard InChI is InChI=1S/C17H26N4/c1-15(19(2)3)17-7-5-16(6-8-17)13-20(4)11-12-21-10-9-18-14-21/h5-10,14-15H,11-13H2,1-4H3. The molecule has 0 N–H and O–H groups in total. The topological polar surface area (TPSA) is 24.3 Å². The molecule has 0 aliphatic rings. The zero-order valence-corrected chi connectivity index (χ0v) is 13.5. The molecule has 2 rings (SSSR count). The van der Waals surface area contributed by atoms with E-state index in [1.807, 2.05) is 18.7 Å². The highest BCUT2D eigenvalue weighted by Gasteiger charge is 2.07. The summed E-state index contributed by atoms with van der Waals surface area (Å²) in [5.74, 6) is 0. The first kappa shape index (κ1) is 15.7. The molecule has 0 spiro atoms. The molecule has 1 aromatic heterocycles. The van der Waals surface area contributed by atoms with Crippen LogP contribution in [0, 0.1) is 0 Å². The van der Waals surface area contributed by atoms with Crippen LogP contribution >= 0.6 is 0 Å². The molecule has 21 heavy (non-hydrogen) atoms. The molecule has 114 valence electrons. The number of rotatable bonds is 7. The van der Waals surface area contributed by atoms with Crippen molar-refractivity contribution in [2.45, 2.75) is 26.1 Å². The average molecular weight is 286 g/mol. The summed E-state index contributed by atoms with van der Waals surface area (Å²) in [5.41, 5.74) is 2.72. The van der Waals surface area contributed by atoms with Gasteiger partial charge in [0.15, 0.2) is 0 Å². The van der Waals surface area contributed by atoms with Gasteiger partial charge in [0.05, 0.1) is 6.33 Å². The quantitative estimate of drug-likeness (QED) is 0.782. The molecule has 2 aromatic rings. The SMILES string of the molecule is CC(c1ccc(CN(C)CCn2ccnc2)cc1)N(C)C. The highest BCUT2D eigenvalue weighted by atomic mass is 15.1. The van der Waals surface area contributed by atoms with Crippen LogP contribution in [0.4, 0.5) is 0 Å². The molecular weight excluding hydrogens is 260 g/mol. The minimum Gasteiger partial charge on any atom is -0.336 e. The van der Waals surface area contributed by atoms with Crippen molar-refractivity contribution in [2.24, 2.45) is 0 Å². The fraction of sp³-hybridized carbons (Fsp3) is 0.471. The van der Waals surface area contributed by atoms with Crippen molar-refractivity contribution in [2.75, 3.05) is 27.7 Å². The molecule has 0 saturated carbocycles. The first-order valence-corrected chi connectivity index (χ1v) is 7.46. The van der Waals surface area contributed by atoms with Gasteiger partial charge >= 0.3 is 0 Å². The second-order valence-electron chi connectivity index (χ2n) is 5.92. The lowest BCUT2D eigenvalue weighted by Gasteiger charge is -2.21. The molecule has 0 radical (unpaired) electrons. The van der Waals surface area contributed by atoms with Crippen LogP contribution in [0.25, 0.3) is 0 Å². The molecule has 0 bridgehead atoms. The summed E-state index contributed by atoms with van der Waals surface area (Å²) in [6.07, 6.45) is 5.70. The van der Waals surface area contributed by atoms with Gasteiger partial charge in [-0.25, -0.2) is 4.98 Å². The van der Waals surface area contributed by atoms with E-state index in [1.165, 1.54) is 11.1 Å². The minimum absolute atomic E-state index is 0.457. The van der Waals surface area contributed by atoms with Gasteiger partial charge in [-0.3, -0.25) is 0 Å². The molecular formula is C17H26N4. The lowest BCUT2D eigenvalue weighted by molar-refractivity contribution is 0.310. The zero-order valence-electron chi connectivity index (χ0n) is 13.5. The van der Waals surface area contributed by atoms with Gasteiger partial charge in [0.2, 0.25) is 0 Å². The number of hydrogen-bond donors (Lipinski definition) is 0. The van der Waals surface area contributed by atoms with E-state index < -0.39 is 0 Å². The number of nitrogens with zero attached hydrogens (tertiary/aromatic N) is 4. The Labute approximate surface area is 128 Å². The number of imidazole rings is 1. The lowest BCUT2D eigenvalue weighted by atomic mass is 10.1. The Morgan fingerprint density at radius 3 is 2.43 bits per heavy atom. The zero-order chi connectivity index (χ0) is 15.2. The van der Waals surface area contributed by atoms with Crippen LogP contribution in [0.5, 0.6) is 0 Å². The summed E-state index contributed by atoms with van der Waals surface area (Å²) in [7, 11) is 6.39. The van der Waals surface area contributed by atoms with Crippen LogP contribution in [-0.4, -0.2) is 47.0 Å². The molecule has 4 nitrogen and oxygen atoms in total. The van der Waals surface area contributed by atoms with E-state index in [9.17, 15) is 0 Å². The summed E-state index contributed by atoms with van der Waals surface area (Å²) in [6.45, 7) is 5.20. The molecule has 1 atom stereocenters. The molecule has 1 aromatic carbocycles. The van der Waals surface area contributed by atoms with Gasteiger partial charge in [-0.2, -0.15) is 0 Å². The monoisotopic (exact) mass is 286 g/mol. The third-order valence-electron chi connectivity index (χ3n) is 3.99. The van der Waals surface area contributed by atoms with E-state index in [2.05, 4.69) is 71.7 Å². The molecule has 4 heteroatoms. The van der Waals surface area contributed by atoms with Crippen LogP contribution in [0.1, 0.15) is 24.1 Å². The maximum absolute atomic E-state index is 4.06. The summed E-state index contributed by atoms with van der Waals surface area (Å²) in [4.78, 5) is 8.63. The summed E-state index contributed by atoms with van der Waals surface area (Å²) >= 11 is 0.